The maximum atomic E-state index is 13.2. The molecule has 0 aromatic heterocycles. The number of esters is 1. The zero-order chi connectivity index (χ0) is 25.7. The van der Waals surface area contributed by atoms with Gasteiger partial charge in [-0.25, -0.2) is 4.79 Å². The standard InChI is InChI=1S/C28H18ClNO6/c29-24-15-14-21(16-25(24)30(34)35)26(31)17-36-28(33)23-9-5-4-8-22(23)27(32)20-12-10-19(11-13-20)18-6-2-1-3-7-18/h1-16H,17H2. The molecule has 4 aromatic carbocycles. The van der Waals surface area contributed by atoms with Crippen molar-refractivity contribution in [2.75, 3.05) is 6.61 Å². The van der Waals surface area contributed by atoms with Gasteiger partial charge in [-0.05, 0) is 29.3 Å². The zero-order valence-corrected chi connectivity index (χ0v) is 19.5. The molecule has 0 saturated carbocycles. The third-order valence-corrected chi connectivity index (χ3v) is 5.76. The van der Waals surface area contributed by atoms with E-state index in [2.05, 4.69) is 0 Å². The quantitative estimate of drug-likeness (QED) is 0.124. The fourth-order valence-corrected chi connectivity index (χ4v) is 3.76. The number of nitrogens with zero attached hydrogens (tertiary/aromatic N) is 1. The minimum Gasteiger partial charge on any atom is -0.454 e. The van der Waals surface area contributed by atoms with E-state index in [4.69, 9.17) is 16.3 Å². The van der Waals surface area contributed by atoms with Crippen molar-refractivity contribution in [1.29, 1.82) is 0 Å². The fourth-order valence-electron chi connectivity index (χ4n) is 3.58. The molecule has 0 aliphatic rings. The Morgan fingerprint density at radius 1 is 0.750 bits per heavy atom. The van der Waals surface area contributed by atoms with Gasteiger partial charge in [0.05, 0.1) is 10.5 Å². The summed E-state index contributed by atoms with van der Waals surface area (Å²) >= 11 is 5.77. The second kappa shape index (κ2) is 10.8. The molecular formula is C28H18ClNO6. The van der Waals surface area contributed by atoms with Crippen LogP contribution >= 0.6 is 11.6 Å². The molecule has 178 valence electrons. The number of nitro groups is 1. The Bertz CT molecular complexity index is 1470. The number of Topliss-reactive ketones (excluding diaryl/α,β-unsaturated/α-hetero) is 1. The number of benzene rings is 4. The van der Waals surface area contributed by atoms with Gasteiger partial charge in [-0.3, -0.25) is 19.7 Å². The van der Waals surface area contributed by atoms with Crippen LogP contribution in [-0.4, -0.2) is 29.1 Å². The van der Waals surface area contributed by atoms with E-state index >= 15 is 0 Å². The van der Waals surface area contributed by atoms with Crippen LogP contribution in [0, 0.1) is 10.1 Å². The van der Waals surface area contributed by atoms with Gasteiger partial charge in [0.2, 0.25) is 5.78 Å². The fraction of sp³-hybridized carbons (Fsp3) is 0.0357. The average molecular weight is 500 g/mol. The first kappa shape index (κ1) is 24.5. The summed E-state index contributed by atoms with van der Waals surface area (Å²) in [5.74, 6) is -1.89. The summed E-state index contributed by atoms with van der Waals surface area (Å²) in [6.45, 7) is -0.661. The van der Waals surface area contributed by atoms with E-state index in [0.29, 0.717) is 5.56 Å². The monoisotopic (exact) mass is 499 g/mol. The molecule has 36 heavy (non-hydrogen) atoms. The molecule has 0 saturated heterocycles. The molecule has 0 amide bonds. The number of hydrogen-bond acceptors (Lipinski definition) is 6. The van der Waals surface area contributed by atoms with E-state index in [0.717, 1.165) is 17.2 Å². The van der Waals surface area contributed by atoms with E-state index < -0.39 is 29.0 Å². The second-order valence-electron chi connectivity index (χ2n) is 7.74. The Morgan fingerprint density at radius 2 is 1.33 bits per heavy atom. The molecule has 0 aliphatic carbocycles. The number of hydrogen-bond donors (Lipinski definition) is 0. The maximum absolute atomic E-state index is 13.2. The lowest BCUT2D eigenvalue weighted by atomic mass is 9.96. The van der Waals surface area contributed by atoms with Gasteiger partial charge in [-0.15, -0.1) is 0 Å². The smallest absolute Gasteiger partial charge is 0.339 e. The number of ketones is 2. The molecule has 0 bridgehead atoms. The molecule has 4 aromatic rings. The molecular weight excluding hydrogens is 482 g/mol. The molecule has 0 aliphatic heterocycles. The molecule has 0 unspecified atom stereocenters. The molecule has 0 atom stereocenters. The van der Waals surface area contributed by atoms with Crippen molar-refractivity contribution < 1.29 is 24.0 Å². The minimum absolute atomic E-state index is 0.00419. The first-order valence-electron chi connectivity index (χ1n) is 10.8. The van der Waals surface area contributed by atoms with Crippen LogP contribution in [0.5, 0.6) is 0 Å². The topological polar surface area (TPSA) is 104 Å². The molecule has 0 fully saturated rings. The van der Waals surface area contributed by atoms with Crippen LogP contribution in [0.3, 0.4) is 0 Å². The van der Waals surface area contributed by atoms with Crippen LogP contribution in [-0.2, 0) is 4.74 Å². The summed E-state index contributed by atoms with van der Waals surface area (Å²) in [6.07, 6.45) is 0. The Morgan fingerprint density at radius 3 is 2.00 bits per heavy atom. The third kappa shape index (κ3) is 5.37. The Balaban J connectivity index is 1.49. The van der Waals surface area contributed by atoms with Gasteiger partial charge in [0.15, 0.2) is 12.4 Å². The van der Waals surface area contributed by atoms with Crippen molar-refractivity contribution >= 4 is 34.8 Å². The van der Waals surface area contributed by atoms with E-state index in [1.165, 1.54) is 24.3 Å². The maximum Gasteiger partial charge on any atom is 0.339 e. The number of rotatable bonds is 8. The summed E-state index contributed by atoms with van der Waals surface area (Å²) < 4.78 is 5.13. The number of nitro benzene ring substituents is 1. The van der Waals surface area contributed by atoms with E-state index in [1.807, 2.05) is 42.5 Å². The molecule has 4 rings (SSSR count). The van der Waals surface area contributed by atoms with Crippen molar-refractivity contribution in [3.05, 3.63) is 134 Å². The summed E-state index contributed by atoms with van der Waals surface area (Å²) in [6, 6.07) is 26.4. The molecule has 7 nitrogen and oxygen atoms in total. The number of ether oxygens (including phenoxy) is 1. The van der Waals surface area contributed by atoms with Gasteiger partial charge in [0.25, 0.3) is 5.69 Å². The number of carbonyl (C=O) groups excluding carboxylic acids is 3. The average Bonchev–Trinajstić information content (AvgIpc) is 2.91. The van der Waals surface area contributed by atoms with Crippen molar-refractivity contribution in [1.82, 2.24) is 0 Å². The Kier molecular flexibility index (Phi) is 7.32. The van der Waals surface area contributed by atoms with E-state index in [1.54, 1.807) is 24.3 Å². The first-order chi connectivity index (χ1) is 17.3. The highest BCUT2D eigenvalue weighted by molar-refractivity contribution is 6.32. The lowest BCUT2D eigenvalue weighted by Crippen LogP contribution is -2.17. The number of halogens is 1. The van der Waals surface area contributed by atoms with Gasteiger partial charge in [0.1, 0.15) is 5.02 Å². The summed E-state index contributed by atoms with van der Waals surface area (Å²) in [4.78, 5) is 48.7. The summed E-state index contributed by atoms with van der Waals surface area (Å²) in [5, 5.41) is 10.9. The molecule has 8 heteroatoms. The van der Waals surface area contributed by atoms with Crippen LogP contribution in [0.2, 0.25) is 5.02 Å². The molecule has 0 radical (unpaired) electrons. The molecule has 0 heterocycles. The van der Waals surface area contributed by atoms with Crippen LogP contribution in [0.25, 0.3) is 11.1 Å². The van der Waals surface area contributed by atoms with Crippen LogP contribution in [0.1, 0.15) is 36.6 Å². The minimum atomic E-state index is -0.864. The van der Waals surface area contributed by atoms with Crippen molar-refractivity contribution in [2.45, 2.75) is 0 Å². The van der Waals surface area contributed by atoms with Crippen LogP contribution in [0.15, 0.2) is 97.1 Å². The highest BCUT2D eigenvalue weighted by Gasteiger charge is 2.21. The lowest BCUT2D eigenvalue weighted by Gasteiger charge is -2.10. The first-order valence-corrected chi connectivity index (χ1v) is 11.2. The molecule has 0 N–H and O–H groups in total. The summed E-state index contributed by atoms with van der Waals surface area (Å²) in [7, 11) is 0. The van der Waals surface area contributed by atoms with E-state index in [-0.39, 0.29) is 27.5 Å². The van der Waals surface area contributed by atoms with Gasteiger partial charge < -0.3 is 4.74 Å². The highest BCUT2D eigenvalue weighted by Crippen LogP contribution is 2.26. The van der Waals surface area contributed by atoms with Crippen LogP contribution in [0.4, 0.5) is 5.69 Å². The van der Waals surface area contributed by atoms with Crippen LogP contribution < -0.4 is 0 Å². The largest absolute Gasteiger partial charge is 0.454 e. The van der Waals surface area contributed by atoms with E-state index in [9.17, 15) is 24.5 Å². The van der Waals surface area contributed by atoms with Gasteiger partial charge in [0, 0.05) is 22.8 Å². The number of carbonyl (C=O) groups is 3. The van der Waals surface area contributed by atoms with Gasteiger partial charge >= 0.3 is 5.97 Å². The second-order valence-corrected chi connectivity index (χ2v) is 8.15. The van der Waals surface area contributed by atoms with Gasteiger partial charge in [-0.2, -0.15) is 0 Å². The lowest BCUT2D eigenvalue weighted by molar-refractivity contribution is -0.384. The van der Waals surface area contributed by atoms with Gasteiger partial charge in [-0.1, -0.05) is 84.4 Å². The SMILES string of the molecule is O=C(COC(=O)c1ccccc1C(=O)c1ccc(-c2ccccc2)cc1)c1ccc(Cl)c([N+](=O)[O-])c1. The highest BCUT2D eigenvalue weighted by atomic mass is 35.5. The van der Waals surface area contributed by atoms with Crippen molar-refractivity contribution in [3.8, 4) is 11.1 Å². The normalized spacial score (nSPS) is 10.5. The summed E-state index contributed by atoms with van der Waals surface area (Å²) in [5.41, 5.74) is 2.02. The zero-order valence-electron chi connectivity index (χ0n) is 18.7. The Hall–Kier alpha value is -4.62. The molecule has 0 spiro atoms. The predicted molar refractivity (Wildman–Crippen MR) is 134 cm³/mol. The third-order valence-electron chi connectivity index (χ3n) is 5.44. The van der Waals surface area contributed by atoms with Crippen molar-refractivity contribution in [2.24, 2.45) is 0 Å². The predicted octanol–water partition coefficient (Wildman–Crippen LogP) is 6.19. The Labute approximate surface area is 211 Å². The van der Waals surface area contributed by atoms with Crippen molar-refractivity contribution in [3.63, 3.8) is 0 Å².